The summed E-state index contributed by atoms with van der Waals surface area (Å²) < 4.78 is 5.54. The Morgan fingerprint density at radius 3 is 2.55 bits per heavy atom. The minimum Gasteiger partial charge on any atom is -0.482 e. The van der Waals surface area contributed by atoms with Gasteiger partial charge in [0.15, 0.2) is 5.75 Å². The molecule has 0 heterocycles. The summed E-state index contributed by atoms with van der Waals surface area (Å²) >= 11 is 3.27. The zero-order valence-corrected chi connectivity index (χ0v) is 13.6. The number of nitro groups is 1. The van der Waals surface area contributed by atoms with Crippen LogP contribution in [0.25, 0.3) is 0 Å². The molecule has 2 unspecified atom stereocenters. The summed E-state index contributed by atoms with van der Waals surface area (Å²) in [5.41, 5.74) is 1.25. The van der Waals surface area contributed by atoms with Crippen LogP contribution in [-0.4, -0.2) is 14.9 Å². The van der Waals surface area contributed by atoms with Gasteiger partial charge in [0.2, 0.25) is 0 Å². The molecule has 0 aliphatic heterocycles. The van der Waals surface area contributed by atoms with Crippen LogP contribution in [0.1, 0.15) is 24.2 Å². The van der Waals surface area contributed by atoms with Crippen molar-refractivity contribution in [2.75, 3.05) is 0 Å². The van der Waals surface area contributed by atoms with Crippen LogP contribution in [0.4, 0.5) is 5.69 Å². The zero-order chi connectivity index (χ0) is 16.1. The van der Waals surface area contributed by atoms with Crippen LogP contribution in [-0.2, 0) is 6.61 Å². The maximum atomic E-state index is 11.2. The fourth-order valence-electron chi connectivity index (χ4n) is 1.98. The molecule has 0 aromatic heterocycles. The molecule has 1 N–H and O–H groups in total. The Bertz CT molecular complexity index is 646. The fraction of sp³-hybridized carbons (Fsp3) is 0.250. The number of halogens is 1. The molecule has 0 saturated carbocycles. The predicted octanol–water partition coefficient (Wildman–Crippen LogP) is 3.99. The number of hydrogen-bond donors (Lipinski definition) is 1. The maximum Gasteiger partial charge on any atom is 0.311 e. The molecule has 2 aromatic rings. The first-order valence-corrected chi connectivity index (χ1v) is 7.68. The molecule has 0 aliphatic rings. The molecule has 2 rings (SSSR count). The summed E-state index contributed by atoms with van der Waals surface area (Å²) in [4.78, 5) is 10.5. The molecular formula is C16H16BrNO4. The zero-order valence-electron chi connectivity index (χ0n) is 12.0. The topological polar surface area (TPSA) is 72.6 Å². The van der Waals surface area contributed by atoms with Crippen molar-refractivity contribution < 1.29 is 14.8 Å². The second-order valence-corrected chi connectivity index (χ2v) is 6.33. The number of nitro benzene ring substituents is 1. The van der Waals surface area contributed by atoms with Gasteiger partial charge in [0, 0.05) is 10.9 Å². The standard InChI is InChI=1S/C16H16BrNO4/c1-11(17)16(19)13-7-8-15(14(9-13)18(20)21)22-10-12-5-3-2-4-6-12/h2-9,11,16,19H,10H2,1H3. The van der Waals surface area contributed by atoms with Gasteiger partial charge in [-0.1, -0.05) is 52.3 Å². The largest absolute Gasteiger partial charge is 0.482 e. The van der Waals surface area contributed by atoms with E-state index in [2.05, 4.69) is 15.9 Å². The van der Waals surface area contributed by atoms with E-state index in [1.54, 1.807) is 13.0 Å². The number of aliphatic hydroxyl groups excluding tert-OH is 1. The molecule has 0 amide bonds. The minimum atomic E-state index is -0.818. The lowest BCUT2D eigenvalue weighted by molar-refractivity contribution is -0.386. The SMILES string of the molecule is CC(Br)C(O)c1ccc(OCc2ccccc2)c([N+](=O)[O-])c1. The Balaban J connectivity index is 2.22. The molecule has 2 atom stereocenters. The third-order valence-corrected chi connectivity index (χ3v) is 3.69. The highest BCUT2D eigenvalue weighted by Crippen LogP contribution is 2.32. The Kier molecular flexibility index (Phi) is 5.51. The third-order valence-electron chi connectivity index (χ3n) is 3.19. The average molecular weight is 366 g/mol. The summed E-state index contributed by atoms with van der Waals surface area (Å²) in [6.07, 6.45) is -0.818. The van der Waals surface area contributed by atoms with Crippen molar-refractivity contribution in [3.8, 4) is 5.75 Å². The van der Waals surface area contributed by atoms with Gasteiger partial charge in [-0.3, -0.25) is 10.1 Å². The van der Waals surface area contributed by atoms with Crippen LogP contribution in [0.5, 0.6) is 5.75 Å². The van der Waals surface area contributed by atoms with Crippen molar-refractivity contribution in [1.29, 1.82) is 0 Å². The van der Waals surface area contributed by atoms with Crippen molar-refractivity contribution >= 4 is 21.6 Å². The highest BCUT2D eigenvalue weighted by Gasteiger charge is 2.21. The third kappa shape index (κ3) is 4.05. The van der Waals surface area contributed by atoms with Crippen LogP contribution < -0.4 is 4.74 Å². The molecule has 116 valence electrons. The number of aliphatic hydroxyl groups is 1. The summed E-state index contributed by atoms with van der Waals surface area (Å²) in [6, 6.07) is 13.9. The van der Waals surface area contributed by atoms with E-state index >= 15 is 0 Å². The van der Waals surface area contributed by atoms with E-state index in [0.717, 1.165) is 5.56 Å². The number of hydrogen-bond acceptors (Lipinski definition) is 4. The normalized spacial score (nSPS) is 13.4. The van der Waals surface area contributed by atoms with E-state index in [1.165, 1.54) is 12.1 Å². The van der Waals surface area contributed by atoms with Crippen LogP contribution in [0.2, 0.25) is 0 Å². The fourth-order valence-corrected chi connectivity index (χ4v) is 2.29. The number of benzene rings is 2. The van der Waals surface area contributed by atoms with E-state index in [9.17, 15) is 15.2 Å². The monoisotopic (exact) mass is 365 g/mol. The van der Waals surface area contributed by atoms with E-state index < -0.39 is 11.0 Å². The molecule has 0 bridgehead atoms. The summed E-state index contributed by atoms with van der Waals surface area (Å²) in [5, 5.41) is 21.2. The number of rotatable bonds is 6. The van der Waals surface area contributed by atoms with Gasteiger partial charge in [-0.15, -0.1) is 0 Å². The Hall–Kier alpha value is -1.92. The Morgan fingerprint density at radius 2 is 1.95 bits per heavy atom. The smallest absolute Gasteiger partial charge is 0.311 e. The van der Waals surface area contributed by atoms with Crippen LogP contribution >= 0.6 is 15.9 Å². The van der Waals surface area contributed by atoms with Gasteiger partial charge >= 0.3 is 5.69 Å². The van der Waals surface area contributed by atoms with Crippen molar-refractivity contribution in [1.82, 2.24) is 0 Å². The van der Waals surface area contributed by atoms with Crippen molar-refractivity contribution in [2.45, 2.75) is 24.5 Å². The lowest BCUT2D eigenvalue weighted by Gasteiger charge is -2.14. The lowest BCUT2D eigenvalue weighted by atomic mass is 10.1. The van der Waals surface area contributed by atoms with Crippen LogP contribution in [0.15, 0.2) is 48.5 Å². The molecule has 0 aliphatic carbocycles. The maximum absolute atomic E-state index is 11.2. The molecule has 2 aromatic carbocycles. The van der Waals surface area contributed by atoms with Crippen LogP contribution in [0, 0.1) is 10.1 Å². The molecule has 0 radical (unpaired) electrons. The van der Waals surface area contributed by atoms with Gasteiger partial charge in [0.25, 0.3) is 0 Å². The second-order valence-electron chi connectivity index (χ2n) is 4.88. The first kappa shape index (κ1) is 16.5. The van der Waals surface area contributed by atoms with E-state index in [0.29, 0.717) is 5.56 Å². The quantitative estimate of drug-likeness (QED) is 0.477. The van der Waals surface area contributed by atoms with Crippen molar-refractivity contribution in [2.24, 2.45) is 0 Å². The molecule has 22 heavy (non-hydrogen) atoms. The molecule has 5 nitrogen and oxygen atoms in total. The number of ether oxygens (including phenoxy) is 1. The van der Waals surface area contributed by atoms with Gasteiger partial charge in [0.05, 0.1) is 11.0 Å². The molecule has 0 spiro atoms. The summed E-state index contributed by atoms with van der Waals surface area (Å²) in [5.74, 6) is 0.187. The van der Waals surface area contributed by atoms with Crippen molar-refractivity contribution in [3.63, 3.8) is 0 Å². The van der Waals surface area contributed by atoms with Crippen LogP contribution in [0.3, 0.4) is 0 Å². The molecule has 0 fully saturated rings. The van der Waals surface area contributed by atoms with Gasteiger partial charge in [0.1, 0.15) is 6.61 Å². The van der Waals surface area contributed by atoms with Crippen molar-refractivity contribution in [3.05, 3.63) is 69.8 Å². The lowest BCUT2D eigenvalue weighted by Crippen LogP contribution is -2.08. The highest BCUT2D eigenvalue weighted by molar-refractivity contribution is 9.09. The molecule has 0 saturated heterocycles. The Labute approximate surface area is 136 Å². The highest BCUT2D eigenvalue weighted by atomic mass is 79.9. The first-order chi connectivity index (χ1) is 10.5. The summed E-state index contributed by atoms with van der Waals surface area (Å²) in [6.45, 7) is 2.02. The van der Waals surface area contributed by atoms with Gasteiger partial charge < -0.3 is 9.84 Å². The summed E-state index contributed by atoms with van der Waals surface area (Å²) in [7, 11) is 0. The molecular weight excluding hydrogens is 350 g/mol. The van der Waals surface area contributed by atoms with E-state index in [1.807, 2.05) is 30.3 Å². The molecule has 6 heteroatoms. The number of alkyl halides is 1. The first-order valence-electron chi connectivity index (χ1n) is 6.76. The number of nitrogens with zero attached hydrogens (tertiary/aromatic N) is 1. The van der Waals surface area contributed by atoms with E-state index in [-0.39, 0.29) is 22.9 Å². The minimum absolute atomic E-state index is 0.152. The van der Waals surface area contributed by atoms with Gasteiger partial charge in [-0.2, -0.15) is 0 Å². The predicted molar refractivity (Wildman–Crippen MR) is 87.2 cm³/mol. The van der Waals surface area contributed by atoms with E-state index in [4.69, 9.17) is 4.74 Å². The van der Waals surface area contributed by atoms with Gasteiger partial charge in [-0.05, 0) is 24.1 Å². The van der Waals surface area contributed by atoms with Gasteiger partial charge in [-0.25, -0.2) is 0 Å². The Morgan fingerprint density at radius 1 is 1.27 bits per heavy atom. The average Bonchev–Trinajstić information content (AvgIpc) is 2.52. The second kappa shape index (κ2) is 7.38.